The first-order chi connectivity index (χ1) is 10.4. The Morgan fingerprint density at radius 3 is 2.73 bits per heavy atom. The fourth-order valence-corrected chi connectivity index (χ4v) is 3.86. The summed E-state index contributed by atoms with van der Waals surface area (Å²) >= 11 is 0. The molecule has 0 N–H and O–H groups in total. The number of carbonyl (C=O) groups excluding carboxylic acids is 2. The van der Waals surface area contributed by atoms with Gasteiger partial charge in [0.15, 0.2) is 5.79 Å². The first-order valence-corrected chi connectivity index (χ1v) is 8.45. The van der Waals surface area contributed by atoms with Gasteiger partial charge in [-0.1, -0.05) is 6.92 Å². The van der Waals surface area contributed by atoms with Gasteiger partial charge in [-0.05, 0) is 33.1 Å². The van der Waals surface area contributed by atoms with Gasteiger partial charge in [-0.15, -0.1) is 0 Å². The molecule has 0 amide bonds. The van der Waals surface area contributed by atoms with Crippen LogP contribution in [0.3, 0.4) is 0 Å². The van der Waals surface area contributed by atoms with Gasteiger partial charge < -0.3 is 14.2 Å². The quantitative estimate of drug-likeness (QED) is 0.731. The normalized spacial score (nSPS) is 39.2. The summed E-state index contributed by atoms with van der Waals surface area (Å²) < 4.78 is 17.7. The monoisotopic (exact) mass is 310 g/mol. The molecule has 3 rings (SSSR count). The molecule has 0 aromatic heterocycles. The number of fused-ring (bicyclic) bond motifs is 1. The topological polar surface area (TPSA) is 61.8 Å². The second kappa shape index (κ2) is 5.60. The fraction of sp³-hybridized carbons (Fsp3) is 0.882. The summed E-state index contributed by atoms with van der Waals surface area (Å²) in [7, 11) is 0. The summed E-state index contributed by atoms with van der Waals surface area (Å²) in [4.78, 5) is 23.5. The highest BCUT2D eigenvalue weighted by Crippen LogP contribution is 2.51. The van der Waals surface area contributed by atoms with Gasteiger partial charge in [-0.3, -0.25) is 9.59 Å². The zero-order chi connectivity index (χ0) is 16.0. The lowest BCUT2D eigenvalue weighted by molar-refractivity contribution is -0.228. The fourth-order valence-electron chi connectivity index (χ4n) is 3.86. The zero-order valence-electron chi connectivity index (χ0n) is 13.7. The maximum absolute atomic E-state index is 11.8. The lowest BCUT2D eigenvalue weighted by Gasteiger charge is -2.28. The van der Waals surface area contributed by atoms with E-state index in [1.807, 2.05) is 20.8 Å². The average molecular weight is 310 g/mol. The molecular weight excluding hydrogens is 284 g/mol. The molecule has 3 fully saturated rings. The molecule has 124 valence electrons. The van der Waals surface area contributed by atoms with Gasteiger partial charge in [0, 0.05) is 25.7 Å². The van der Waals surface area contributed by atoms with Crippen molar-refractivity contribution in [3.63, 3.8) is 0 Å². The molecule has 3 heterocycles. The van der Waals surface area contributed by atoms with Gasteiger partial charge in [0.05, 0.1) is 11.5 Å². The van der Waals surface area contributed by atoms with E-state index in [-0.39, 0.29) is 24.3 Å². The molecule has 0 aliphatic carbocycles. The van der Waals surface area contributed by atoms with Crippen LogP contribution in [-0.4, -0.2) is 35.9 Å². The molecule has 5 heteroatoms. The van der Waals surface area contributed by atoms with Crippen LogP contribution in [-0.2, 0) is 23.8 Å². The maximum Gasteiger partial charge on any atom is 0.314 e. The summed E-state index contributed by atoms with van der Waals surface area (Å²) in [6.45, 7) is 5.76. The number of esters is 1. The van der Waals surface area contributed by atoms with Crippen molar-refractivity contribution < 1.29 is 23.8 Å². The minimum atomic E-state index is -0.605. The summed E-state index contributed by atoms with van der Waals surface area (Å²) in [5.74, 6) is -0.477. The van der Waals surface area contributed by atoms with Crippen LogP contribution in [0, 0.1) is 5.41 Å². The van der Waals surface area contributed by atoms with Crippen molar-refractivity contribution in [1.29, 1.82) is 0 Å². The van der Waals surface area contributed by atoms with Crippen LogP contribution in [0.25, 0.3) is 0 Å². The first-order valence-electron chi connectivity index (χ1n) is 8.45. The van der Waals surface area contributed by atoms with Crippen molar-refractivity contribution in [2.45, 2.75) is 89.8 Å². The van der Waals surface area contributed by atoms with E-state index in [2.05, 4.69) is 0 Å². The Morgan fingerprint density at radius 2 is 2.05 bits per heavy atom. The van der Waals surface area contributed by atoms with E-state index in [9.17, 15) is 9.59 Å². The van der Waals surface area contributed by atoms with Crippen molar-refractivity contribution in [2.75, 3.05) is 0 Å². The van der Waals surface area contributed by atoms with Gasteiger partial charge in [0.2, 0.25) is 0 Å². The Balaban J connectivity index is 1.55. The van der Waals surface area contributed by atoms with Crippen molar-refractivity contribution in [3.8, 4) is 0 Å². The van der Waals surface area contributed by atoms with Crippen LogP contribution in [0.15, 0.2) is 0 Å². The van der Waals surface area contributed by atoms with E-state index in [0.717, 1.165) is 25.7 Å². The van der Waals surface area contributed by atoms with E-state index in [1.165, 1.54) is 0 Å². The molecule has 3 aliphatic rings. The number of hydrogen-bond acceptors (Lipinski definition) is 5. The molecule has 5 nitrogen and oxygen atoms in total. The van der Waals surface area contributed by atoms with Gasteiger partial charge in [0.25, 0.3) is 0 Å². The highest BCUT2D eigenvalue weighted by atomic mass is 16.7. The number of hydrogen-bond donors (Lipinski definition) is 0. The number of Topliss-reactive ketones (excluding diaryl/α,β-unsaturated/α-hetero) is 1. The van der Waals surface area contributed by atoms with Crippen LogP contribution in [0.5, 0.6) is 0 Å². The number of ether oxygens (including phenoxy) is 3. The van der Waals surface area contributed by atoms with Gasteiger partial charge in [0.1, 0.15) is 18.0 Å². The molecule has 4 atom stereocenters. The third-order valence-electron chi connectivity index (χ3n) is 5.19. The lowest BCUT2D eigenvalue weighted by Crippen LogP contribution is -2.37. The Kier molecular flexibility index (Phi) is 4.06. The van der Waals surface area contributed by atoms with E-state index in [1.54, 1.807) is 0 Å². The van der Waals surface area contributed by atoms with Crippen molar-refractivity contribution in [1.82, 2.24) is 0 Å². The Hall–Kier alpha value is -0.940. The van der Waals surface area contributed by atoms with E-state index in [4.69, 9.17) is 14.2 Å². The average Bonchev–Trinajstić information content (AvgIpc) is 3.07. The molecule has 0 saturated carbocycles. The molecule has 4 unspecified atom stereocenters. The van der Waals surface area contributed by atoms with Crippen molar-refractivity contribution >= 4 is 11.8 Å². The predicted octanol–water partition coefficient (Wildman–Crippen LogP) is 2.75. The van der Waals surface area contributed by atoms with Crippen molar-refractivity contribution in [3.05, 3.63) is 0 Å². The van der Waals surface area contributed by atoms with E-state index >= 15 is 0 Å². The second-order valence-electron chi connectivity index (χ2n) is 7.42. The van der Waals surface area contributed by atoms with E-state index in [0.29, 0.717) is 25.0 Å². The predicted molar refractivity (Wildman–Crippen MR) is 79.1 cm³/mol. The molecule has 3 aliphatic heterocycles. The van der Waals surface area contributed by atoms with Crippen LogP contribution >= 0.6 is 0 Å². The third-order valence-corrected chi connectivity index (χ3v) is 5.19. The highest BCUT2D eigenvalue weighted by Gasteiger charge is 2.63. The van der Waals surface area contributed by atoms with Gasteiger partial charge in [-0.2, -0.15) is 0 Å². The molecule has 0 aromatic rings. The minimum Gasteiger partial charge on any atom is -0.459 e. The Labute approximate surface area is 131 Å². The summed E-state index contributed by atoms with van der Waals surface area (Å²) in [5.41, 5.74) is -0.604. The molecule has 3 saturated heterocycles. The number of carbonyl (C=O) groups is 2. The van der Waals surface area contributed by atoms with E-state index < -0.39 is 11.2 Å². The smallest absolute Gasteiger partial charge is 0.314 e. The molecule has 22 heavy (non-hydrogen) atoms. The van der Waals surface area contributed by atoms with Gasteiger partial charge >= 0.3 is 5.97 Å². The van der Waals surface area contributed by atoms with Crippen LogP contribution in [0.2, 0.25) is 0 Å². The SMILES string of the molecule is CCCC(=O)CCC1CCC2(CC3OC(=O)C(C)(C)C3O2)O1. The number of rotatable bonds is 5. The summed E-state index contributed by atoms with van der Waals surface area (Å²) in [6, 6.07) is 0. The second-order valence-corrected chi connectivity index (χ2v) is 7.42. The molecule has 0 aromatic carbocycles. The third kappa shape index (κ3) is 2.69. The lowest BCUT2D eigenvalue weighted by atomic mass is 9.87. The zero-order valence-corrected chi connectivity index (χ0v) is 13.7. The maximum atomic E-state index is 11.8. The largest absolute Gasteiger partial charge is 0.459 e. The first kappa shape index (κ1) is 15.9. The molecule has 0 radical (unpaired) electrons. The number of ketones is 1. The van der Waals surface area contributed by atoms with Crippen LogP contribution in [0.4, 0.5) is 0 Å². The highest BCUT2D eigenvalue weighted by molar-refractivity contribution is 5.79. The van der Waals surface area contributed by atoms with Crippen LogP contribution in [0.1, 0.15) is 65.7 Å². The Bertz CT molecular complexity index is 472. The molecule has 0 bridgehead atoms. The minimum absolute atomic E-state index is 0.0819. The molecule has 1 spiro atoms. The Morgan fingerprint density at radius 1 is 1.27 bits per heavy atom. The van der Waals surface area contributed by atoms with Crippen LogP contribution < -0.4 is 0 Å². The standard InChI is InChI=1S/C17H26O5/c1-4-5-11(18)6-7-12-8-9-17(21-12)10-13-14(22-17)16(2,3)15(19)20-13/h12-14H,4-10H2,1-3H3. The van der Waals surface area contributed by atoms with Gasteiger partial charge in [-0.25, -0.2) is 0 Å². The summed E-state index contributed by atoms with van der Waals surface area (Å²) in [6.07, 6.45) is 4.93. The van der Waals surface area contributed by atoms with Crippen molar-refractivity contribution in [2.24, 2.45) is 5.41 Å². The molecular formula is C17H26O5. The summed E-state index contributed by atoms with van der Waals surface area (Å²) in [5, 5.41) is 0.